The van der Waals surface area contributed by atoms with E-state index in [1.165, 1.54) is 25.3 Å². The van der Waals surface area contributed by atoms with E-state index < -0.39 is 10.0 Å². The van der Waals surface area contributed by atoms with Gasteiger partial charge >= 0.3 is 0 Å². The van der Waals surface area contributed by atoms with Crippen LogP contribution in [-0.4, -0.2) is 26.0 Å². The van der Waals surface area contributed by atoms with E-state index >= 15 is 0 Å². The third-order valence-corrected chi connectivity index (χ3v) is 7.60. The molecule has 118 valence electrons. The quantitative estimate of drug-likeness (QED) is 0.753. The molecule has 0 heterocycles. The summed E-state index contributed by atoms with van der Waals surface area (Å²) in [6, 6.07) is 4.71. The lowest BCUT2D eigenvalue weighted by Crippen LogP contribution is -2.41. The Balaban J connectivity index is 2.11. The lowest BCUT2D eigenvalue weighted by Gasteiger charge is -2.35. The van der Waals surface area contributed by atoms with Gasteiger partial charge in [-0.25, -0.2) is 13.1 Å². The van der Waals surface area contributed by atoms with Crippen LogP contribution in [0.2, 0.25) is 0 Å². The van der Waals surface area contributed by atoms with Crippen LogP contribution in [0.5, 0.6) is 0 Å². The highest BCUT2D eigenvalue weighted by Crippen LogP contribution is 2.38. The first kappa shape index (κ1) is 17.1. The number of anilines is 1. The first-order valence-corrected chi connectivity index (χ1v) is 10.5. The van der Waals surface area contributed by atoms with E-state index in [2.05, 4.69) is 26.9 Å². The highest BCUT2D eigenvalue weighted by molar-refractivity contribution is 9.10. The van der Waals surface area contributed by atoms with Crippen LogP contribution in [0.25, 0.3) is 0 Å². The van der Waals surface area contributed by atoms with E-state index in [0.717, 1.165) is 12.8 Å². The normalized spacial score (nSPS) is 18.6. The number of thioether (sulfide) groups is 1. The Morgan fingerprint density at radius 2 is 2.00 bits per heavy atom. The molecular weight excluding hydrogens is 372 g/mol. The van der Waals surface area contributed by atoms with Crippen molar-refractivity contribution in [1.82, 2.24) is 4.72 Å². The summed E-state index contributed by atoms with van der Waals surface area (Å²) in [4.78, 5) is 0.218. The predicted octanol–water partition coefficient (Wildman–Crippen LogP) is 3.38. The number of benzene rings is 1. The summed E-state index contributed by atoms with van der Waals surface area (Å²) in [7, 11) is -3.51. The Hall–Kier alpha value is -0.240. The Labute approximate surface area is 139 Å². The monoisotopic (exact) mass is 392 g/mol. The van der Waals surface area contributed by atoms with Gasteiger partial charge in [-0.05, 0) is 53.2 Å². The van der Waals surface area contributed by atoms with Crippen LogP contribution in [0.15, 0.2) is 27.6 Å². The van der Waals surface area contributed by atoms with E-state index in [9.17, 15) is 8.42 Å². The molecule has 0 amide bonds. The van der Waals surface area contributed by atoms with Gasteiger partial charge in [-0.1, -0.05) is 19.3 Å². The van der Waals surface area contributed by atoms with E-state index in [-0.39, 0.29) is 9.64 Å². The molecule has 0 spiro atoms. The zero-order valence-electron chi connectivity index (χ0n) is 12.1. The summed E-state index contributed by atoms with van der Waals surface area (Å²) in [5, 5.41) is 0. The maximum absolute atomic E-state index is 12.4. The Morgan fingerprint density at radius 1 is 1.33 bits per heavy atom. The van der Waals surface area contributed by atoms with Crippen LogP contribution in [0.4, 0.5) is 5.69 Å². The summed E-state index contributed by atoms with van der Waals surface area (Å²) in [6.45, 7) is 0.479. The highest BCUT2D eigenvalue weighted by atomic mass is 79.9. The number of nitrogen functional groups attached to an aromatic ring is 1. The second kappa shape index (κ2) is 6.89. The minimum absolute atomic E-state index is 0.0340. The molecule has 0 unspecified atom stereocenters. The molecule has 1 aromatic rings. The van der Waals surface area contributed by atoms with Gasteiger partial charge in [0.2, 0.25) is 10.0 Å². The number of hydrogen-bond acceptors (Lipinski definition) is 4. The molecule has 0 bridgehead atoms. The van der Waals surface area contributed by atoms with E-state index in [1.807, 2.05) is 0 Å². The van der Waals surface area contributed by atoms with Gasteiger partial charge in [0.15, 0.2) is 0 Å². The number of hydrogen-bond donors (Lipinski definition) is 2. The highest BCUT2D eigenvalue weighted by Gasteiger charge is 2.32. The third kappa shape index (κ3) is 4.15. The van der Waals surface area contributed by atoms with Crippen molar-refractivity contribution in [3.05, 3.63) is 22.7 Å². The molecule has 4 nitrogen and oxygen atoms in total. The van der Waals surface area contributed by atoms with Crippen molar-refractivity contribution < 1.29 is 8.42 Å². The van der Waals surface area contributed by atoms with E-state index in [4.69, 9.17) is 5.73 Å². The summed E-state index contributed by atoms with van der Waals surface area (Å²) in [5.74, 6) is 0. The Morgan fingerprint density at radius 3 is 2.57 bits per heavy atom. The fraction of sp³-hybridized carbons (Fsp3) is 0.571. The van der Waals surface area contributed by atoms with Crippen LogP contribution in [0.1, 0.15) is 32.1 Å². The van der Waals surface area contributed by atoms with E-state index in [0.29, 0.717) is 16.7 Å². The van der Waals surface area contributed by atoms with Gasteiger partial charge in [0.1, 0.15) is 0 Å². The van der Waals surface area contributed by atoms with Gasteiger partial charge in [0.05, 0.1) is 4.90 Å². The number of halogens is 1. The molecule has 1 fully saturated rings. The van der Waals surface area contributed by atoms with Gasteiger partial charge in [-0.15, -0.1) is 0 Å². The molecule has 1 aliphatic rings. The molecule has 0 radical (unpaired) electrons. The largest absolute Gasteiger partial charge is 0.398 e. The minimum Gasteiger partial charge on any atom is -0.398 e. The first-order chi connectivity index (χ1) is 9.88. The van der Waals surface area contributed by atoms with E-state index in [1.54, 1.807) is 23.9 Å². The molecule has 2 rings (SSSR count). The van der Waals surface area contributed by atoms with Gasteiger partial charge in [0, 0.05) is 21.5 Å². The molecule has 0 aliphatic heterocycles. The van der Waals surface area contributed by atoms with Crippen molar-refractivity contribution >= 4 is 43.4 Å². The molecule has 1 saturated carbocycles. The zero-order valence-corrected chi connectivity index (χ0v) is 15.3. The number of nitrogens with two attached hydrogens (primary N) is 1. The molecule has 3 N–H and O–H groups in total. The fourth-order valence-corrected chi connectivity index (χ4v) is 5.06. The molecular formula is C14H21BrN2O2S2. The summed E-state index contributed by atoms with van der Waals surface area (Å²) < 4.78 is 28.3. The molecule has 1 aliphatic carbocycles. The standard InChI is InChI=1S/C14H21BrN2O2S2/c1-20-14(7-3-2-4-8-14)10-17-21(18,19)11-5-6-12(15)13(16)9-11/h5-6,9,17H,2-4,7-8,10,16H2,1H3. The summed E-state index contributed by atoms with van der Waals surface area (Å²) in [5.41, 5.74) is 6.19. The number of rotatable bonds is 5. The lowest BCUT2D eigenvalue weighted by atomic mass is 9.88. The van der Waals surface area contributed by atoms with Crippen molar-refractivity contribution in [2.45, 2.75) is 41.7 Å². The Bertz CT molecular complexity index is 599. The third-order valence-electron chi connectivity index (χ3n) is 4.06. The van der Waals surface area contributed by atoms with Crippen LogP contribution in [0.3, 0.4) is 0 Å². The second-order valence-corrected chi connectivity index (χ2v) is 9.35. The predicted molar refractivity (Wildman–Crippen MR) is 93.1 cm³/mol. The van der Waals surface area contributed by atoms with Crippen LogP contribution in [-0.2, 0) is 10.0 Å². The fourth-order valence-electron chi connectivity index (χ4n) is 2.65. The van der Waals surface area contributed by atoms with Crippen molar-refractivity contribution in [2.75, 3.05) is 18.5 Å². The average molecular weight is 393 g/mol. The molecule has 0 aromatic heterocycles. The van der Waals surface area contributed by atoms with Gasteiger partial charge in [-0.3, -0.25) is 0 Å². The smallest absolute Gasteiger partial charge is 0.240 e. The van der Waals surface area contributed by atoms with Crippen LogP contribution >= 0.6 is 27.7 Å². The molecule has 21 heavy (non-hydrogen) atoms. The van der Waals surface area contributed by atoms with Gasteiger partial charge < -0.3 is 5.73 Å². The number of sulfonamides is 1. The van der Waals surface area contributed by atoms with Gasteiger partial charge in [0.25, 0.3) is 0 Å². The molecule has 1 aromatic carbocycles. The Kier molecular flexibility index (Phi) is 5.62. The number of nitrogens with one attached hydrogen (secondary N) is 1. The topological polar surface area (TPSA) is 72.2 Å². The maximum Gasteiger partial charge on any atom is 0.240 e. The summed E-state index contributed by atoms with van der Waals surface area (Å²) in [6.07, 6.45) is 7.80. The van der Waals surface area contributed by atoms with Crippen molar-refractivity contribution in [3.8, 4) is 0 Å². The SMILES string of the molecule is CSC1(CNS(=O)(=O)c2ccc(Br)c(N)c2)CCCCC1. The van der Waals surface area contributed by atoms with Crippen molar-refractivity contribution in [1.29, 1.82) is 0 Å². The van der Waals surface area contributed by atoms with Crippen LogP contribution < -0.4 is 10.5 Å². The average Bonchev–Trinajstić information content (AvgIpc) is 2.49. The first-order valence-electron chi connectivity index (χ1n) is 6.98. The maximum atomic E-state index is 12.4. The van der Waals surface area contributed by atoms with Crippen LogP contribution in [0, 0.1) is 0 Å². The van der Waals surface area contributed by atoms with Gasteiger partial charge in [-0.2, -0.15) is 11.8 Å². The molecule has 0 saturated heterocycles. The molecule has 7 heteroatoms. The molecule has 0 atom stereocenters. The van der Waals surface area contributed by atoms with Crippen molar-refractivity contribution in [3.63, 3.8) is 0 Å². The second-order valence-electron chi connectivity index (χ2n) is 5.46. The minimum atomic E-state index is -3.51. The summed E-state index contributed by atoms with van der Waals surface area (Å²) >= 11 is 5.05. The zero-order chi connectivity index (χ0) is 15.5. The van der Waals surface area contributed by atoms with Crippen molar-refractivity contribution in [2.24, 2.45) is 0 Å². The lowest BCUT2D eigenvalue weighted by molar-refractivity contribution is 0.395.